The van der Waals surface area contributed by atoms with Crippen LogP contribution in [0.25, 0.3) is 20.8 Å². The minimum absolute atomic E-state index is 0.328. The lowest BCUT2D eigenvalue weighted by Gasteiger charge is -2.16. The number of para-hydroxylation sites is 1. The Morgan fingerprint density at radius 2 is 1.67 bits per heavy atom. The molecule has 0 unspecified atom stereocenters. The van der Waals surface area contributed by atoms with E-state index in [4.69, 9.17) is 23.9 Å². The number of aromatic nitrogens is 1. The van der Waals surface area contributed by atoms with Crippen molar-refractivity contribution in [2.75, 3.05) is 26.4 Å². The Morgan fingerprint density at radius 3 is 2.42 bits per heavy atom. The van der Waals surface area contributed by atoms with Crippen molar-refractivity contribution < 1.29 is 23.7 Å². The van der Waals surface area contributed by atoms with Crippen LogP contribution in [-0.2, 0) is 20.7 Å². The van der Waals surface area contributed by atoms with E-state index >= 15 is 0 Å². The molecule has 0 amide bonds. The normalized spacial score (nSPS) is 11.8. The minimum Gasteiger partial charge on any atom is -0.493 e. The monoisotopic (exact) mass is 505 g/mol. The van der Waals surface area contributed by atoms with E-state index in [0.717, 1.165) is 39.6 Å². The second-order valence-corrected chi connectivity index (χ2v) is 9.14. The molecule has 0 bridgehead atoms. The zero-order chi connectivity index (χ0) is 25.2. The van der Waals surface area contributed by atoms with Crippen molar-refractivity contribution in [2.24, 2.45) is 0 Å². The van der Waals surface area contributed by atoms with Crippen LogP contribution in [0.4, 0.5) is 0 Å². The largest absolute Gasteiger partial charge is 0.493 e. The maximum absolute atomic E-state index is 12.1. The van der Waals surface area contributed by atoms with Gasteiger partial charge < -0.3 is 18.9 Å². The molecule has 0 spiro atoms. The van der Waals surface area contributed by atoms with Crippen LogP contribution >= 0.6 is 11.3 Å². The summed E-state index contributed by atoms with van der Waals surface area (Å²) in [6.07, 6.45) is 0.631. The summed E-state index contributed by atoms with van der Waals surface area (Å²) in [4.78, 5) is 16.8. The Labute approximate surface area is 215 Å². The zero-order valence-corrected chi connectivity index (χ0v) is 21.5. The maximum atomic E-state index is 12.1. The van der Waals surface area contributed by atoms with Gasteiger partial charge in [-0.15, -0.1) is 11.3 Å². The Kier molecular flexibility index (Phi) is 9.30. The van der Waals surface area contributed by atoms with Crippen molar-refractivity contribution in [3.05, 3.63) is 78.4 Å². The zero-order valence-electron chi connectivity index (χ0n) is 20.6. The van der Waals surface area contributed by atoms with E-state index in [1.807, 2.05) is 67.6 Å². The van der Waals surface area contributed by atoms with Gasteiger partial charge in [-0.3, -0.25) is 0 Å². The van der Waals surface area contributed by atoms with Crippen molar-refractivity contribution in [3.63, 3.8) is 0 Å². The van der Waals surface area contributed by atoms with Crippen LogP contribution in [0, 0.1) is 0 Å². The molecule has 1 heterocycles. The average molecular weight is 506 g/mol. The number of hydrogen-bond acceptors (Lipinski definition) is 7. The van der Waals surface area contributed by atoms with Crippen molar-refractivity contribution in [1.82, 2.24) is 4.98 Å². The first-order valence-corrected chi connectivity index (χ1v) is 13.1. The minimum atomic E-state index is -0.591. The number of benzene rings is 3. The topological polar surface area (TPSA) is 66.9 Å². The predicted molar refractivity (Wildman–Crippen MR) is 143 cm³/mol. The summed E-state index contributed by atoms with van der Waals surface area (Å²) in [6.45, 7) is 5.55. The quantitative estimate of drug-likeness (QED) is 0.156. The molecule has 6 nitrogen and oxygen atoms in total. The summed E-state index contributed by atoms with van der Waals surface area (Å²) >= 11 is 1.68. The van der Waals surface area contributed by atoms with Gasteiger partial charge in [0.15, 0.2) is 6.10 Å². The molecule has 0 aliphatic rings. The van der Waals surface area contributed by atoms with Gasteiger partial charge in [-0.1, -0.05) is 36.4 Å². The standard InChI is InChI=1S/C29H31NO5S/c1-3-32-26(29(31)33-4-2)19-21-13-15-23(16-14-21)34-17-8-18-35-24-10-7-9-22(20-24)28-30-25-11-5-6-12-27(25)36-28/h5-7,9-16,20,26H,3-4,8,17-19H2,1-2H3/t26-/m0/s1. The number of carbonyl (C=O) groups excluding carboxylic acids is 1. The highest BCUT2D eigenvalue weighted by Crippen LogP contribution is 2.31. The lowest BCUT2D eigenvalue weighted by molar-refractivity contribution is -0.156. The Bertz CT molecular complexity index is 1220. The van der Waals surface area contributed by atoms with E-state index in [-0.39, 0.29) is 5.97 Å². The fraction of sp³-hybridized carbons (Fsp3) is 0.310. The number of nitrogens with zero attached hydrogens (tertiary/aromatic N) is 1. The maximum Gasteiger partial charge on any atom is 0.335 e. The molecule has 0 saturated carbocycles. The molecule has 0 aliphatic carbocycles. The van der Waals surface area contributed by atoms with E-state index in [9.17, 15) is 4.79 Å². The Hall–Kier alpha value is -3.42. The molecule has 0 aliphatic heterocycles. The molecule has 0 saturated heterocycles. The second kappa shape index (κ2) is 13.0. The van der Waals surface area contributed by atoms with E-state index in [2.05, 4.69) is 12.1 Å². The van der Waals surface area contributed by atoms with Crippen LogP contribution in [-0.4, -0.2) is 43.5 Å². The lowest BCUT2D eigenvalue weighted by atomic mass is 10.1. The summed E-state index contributed by atoms with van der Waals surface area (Å²) in [5.74, 6) is 1.27. The fourth-order valence-electron chi connectivity index (χ4n) is 3.74. The van der Waals surface area contributed by atoms with Crippen LogP contribution in [0.2, 0.25) is 0 Å². The third-order valence-corrected chi connectivity index (χ3v) is 6.55. The van der Waals surface area contributed by atoms with Gasteiger partial charge in [-0.05, 0) is 55.8 Å². The number of thiazole rings is 1. The van der Waals surface area contributed by atoms with E-state index in [1.54, 1.807) is 18.3 Å². The summed E-state index contributed by atoms with van der Waals surface area (Å²) in [7, 11) is 0. The van der Waals surface area contributed by atoms with Gasteiger partial charge in [0.1, 0.15) is 16.5 Å². The number of rotatable bonds is 13. The molecule has 3 aromatic carbocycles. The molecule has 188 valence electrons. The number of ether oxygens (including phenoxy) is 4. The van der Waals surface area contributed by atoms with E-state index in [0.29, 0.717) is 32.8 Å². The van der Waals surface area contributed by atoms with Crippen LogP contribution in [0.3, 0.4) is 0 Å². The van der Waals surface area contributed by atoms with Crippen LogP contribution in [0.1, 0.15) is 25.8 Å². The summed E-state index contributed by atoms with van der Waals surface area (Å²) in [6, 6.07) is 23.9. The molecule has 0 radical (unpaired) electrons. The van der Waals surface area contributed by atoms with Gasteiger partial charge in [-0.2, -0.15) is 0 Å². The highest BCUT2D eigenvalue weighted by molar-refractivity contribution is 7.21. The Balaban J connectivity index is 1.22. The molecule has 4 rings (SSSR count). The van der Waals surface area contributed by atoms with Crippen molar-refractivity contribution in [1.29, 1.82) is 0 Å². The van der Waals surface area contributed by atoms with Gasteiger partial charge in [0.05, 0.1) is 30.0 Å². The van der Waals surface area contributed by atoms with Gasteiger partial charge in [0.25, 0.3) is 0 Å². The van der Waals surface area contributed by atoms with Crippen LogP contribution < -0.4 is 9.47 Å². The fourth-order valence-corrected chi connectivity index (χ4v) is 4.70. The number of hydrogen-bond donors (Lipinski definition) is 0. The molecule has 1 atom stereocenters. The molecule has 36 heavy (non-hydrogen) atoms. The number of fused-ring (bicyclic) bond motifs is 1. The van der Waals surface area contributed by atoms with Crippen molar-refractivity contribution >= 4 is 27.5 Å². The van der Waals surface area contributed by atoms with E-state index < -0.39 is 6.10 Å². The third-order valence-electron chi connectivity index (χ3n) is 5.46. The molecular weight excluding hydrogens is 474 g/mol. The van der Waals surface area contributed by atoms with Crippen LogP contribution in [0.5, 0.6) is 11.5 Å². The first-order valence-electron chi connectivity index (χ1n) is 12.2. The number of carbonyl (C=O) groups is 1. The summed E-state index contributed by atoms with van der Waals surface area (Å²) in [5.41, 5.74) is 3.06. The lowest BCUT2D eigenvalue weighted by Crippen LogP contribution is -2.28. The molecule has 1 aromatic heterocycles. The van der Waals surface area contributed by atoms with Crippen LogP contribution in [0.15, 0.2) is 72.8 Å². The SMILES string of the molecule is CCOC(=O)[C@H](Cc1ccc(OCCCOc2cccc(-c3nc4ccccc4s3)c2)cc1)OCC. The molecule has 0 fully saturated rings. The summed E-state index contributed by atoms with van der Waals surface area (Å²) in [5, 5.41) is 0.989. The van der Waals surface area contributed by atoms with Crippen molar-refractivity contribution in [2.45, 2.75) is 32.8 Å². The molecule has 7 heteroatoms. The second-order valence-electron chi connectivity index (χ2n) is 8.11. The smallest absolute Gasteiger partial charge is 0.335 e. The van der Waals surface area contributed by atoms with Gasteiger partial charge >= 0.3 is 5.97 Å². The highest BCUT2D eigenvalue weighted by Gasteiger charge is 2.20. The van der Waals surface area contributed by atoms with Gasteiger partial charge in [0.2, 0.25) is 0 Å². The molecule has 0 N–H and O–H groups in total. The van der Waals surface area contributed by atoms with Gasteiger partial charge in [0, 0.05) is 25.0 Å². The molecule has 4 aromatic rings. The third kappa shape index (κ3) is 7.06. The first-order chi connectivity index (χ1) is 17.7. The van der Waals surface area contributed by atoms with Crippen molar-refractivity contribution in [3.8, 4) is 22.1 Å². The number of esters is 1. The first kappa shape index (κ1) is 25.7. The predicted octanol–water partition coefficient (Wildman–Crippen LogP) is 6.32. The highest BCUT2D eigenvalue weighted by atomic mass is 32.1. The molecular formula is C29H31NO5S. The average Bonchev–Trinajstić information content (AvgIpc) is 3.34. The Morgan fingerprint density at radius 1 is 0.889 bits per heavy atom. The summed E-state index contributed by atoms with van der Waals surface area (Å²) < 4.78 is 23.6. The van der Waals surface area contributed by atoms with Gasteiger partial charge in [-0.25, -0.2) is 9.78 Å². The van der Waals surface area contributed by atoms with E-state index in [1.165, 1.54) is 4.70 Å².